The second-order valence-electron chi connectivity index (χ2n) is 14.8. The molecule has 4 nitrogen and oxygen atoms in total. The Morgan fingerprint density at radius 3 is 1.45 bits per heavy atom. The number of aliphatic imine (C=N–C) groups is 2. The summed E-state index contributed by atoms with van der Waals surface area (Å²) in [6.07, 6.45) is 25.0. The van der Waals surface area contributed by atoms with E-state index in [1.807, 2.05) is 26.3 Å². The molecule has 2 fully saturated rings. The Bertz CT molecular complexity index is 1600. The van der Waals surface area contributed by atoms with Gasteiger partial charge >= 0.3 is 294 Å². The number of halogens is 2. The summed E-state index contributed by atoms with van der Waals surface area (Å²) < 4.78 is 13.1. The van der Waals surface area contributed by atoms with Crippen LogP contribution in [0.5, 0.6) is 11.5 Å². The molecule has 47 heavy (non-hydrogen) atoms. The van der Waals surface area contributed by atoms with Gasteiger partial charge in [0.05, 0.1) is 0 Å². The van der Waals surface area contributed by atoms with E-state index in [4.69, 9.17) is 37.5 Å². The van der Waals surface area contributed by atoms with Gasteiger partial charge in [-0.2, -0.15) is 0 Å². The van der Waals surface area contributed by atoms with E-state index in [0.717, 1.165) is 46.2 Å². The molecule has 0 bridgehead atoms. The standard InChI is InChI=1S/C40H46Cl2GeN2O2/c1-23-15-27(5)39-31(17-23)21-44-37(35-25(3)19-29-11-7-9-13-33(29)35)38(36-26(4)20-30-12-8-10-14-34(30)36)45-22-32-18-24(2)16-28(6)40(32)47-43(41,42)46-39/h7-18,21-22,25-26,29-30,33-38H,19-20H2,1-6H3/t25?,26?,29?,30?,33?,34?,35?,36?,37-,38?/m1/s1. The van der Waals surface area contributed by atoms with Crippen LogP contribution in [0.2, 0.25) is 0 Å². The number of fused-ring (bicyclic) bond motifs is 4. The number of aryl methyl sites for hydroxylation is 4. The second-order valence-corrected chi connectivity index (χ2v) is 23.8. The second kappa shape index (κ2) is 13.1. The molecule has 7 heteroatoms. The van der Waals surface area contributed by atoms with Crippen molar-refractivity contribution >= 4 is 44.5 Å². The molecule has 0 N–H and O–H groups in total. The Labute approximate surface area is 292 Å². The molecule has 0 aromatic heterocycles. The third kappa shape index (κ3) is 6.47. The average molecular weight is 730 g/mol. The van der Waals surface area contributed by atoms with Crippen molar-refractivity contribution in [1.29, 1.82) is 0 Å². The first-order valence-corrected chi connectivity index (χ1v) is 24.5. The van der Waals surface area contributed by atoms with Gasteiger partial charge < -0.3 is 0 Å². The Kier molecular flexibility index (Phi) is 9.17. The van der Waals surface area contributed by atoms with Gasteiger partial charge in [0.1, 0.15) is 0 Å². The van der Waals surface area contributed by atoms with Crippen molar-refractivity contribution < 1.29 is 7.53 Å². The molecule has 10 atom stereocenters. The first-order valence-electron chi connectivity index (χ1n) is 17.2. The first kappa shape index (κ1) is 33.0. The molecule has 5 aliphatic rings. The fraction of sp³-hybridized carbons (Fsp3) is 0.450. The molecule has 1 aliphatic heterocycles. The molecule has 2 saturated carbocycles. The maximum atomic E-state index is 7.04. The van der Waals surface area contributed by atoms with Crippen molar-refractivity contribution in [2.45, 2.75) is 66.5 Å². The normalized spacial score (nSPS) is 35.1. The number of hydrogen-bond donors (Lipinski definition) is 0. The topological polar surface area (TPSA) is 43.2 Å². The third-order valence-electron chi connectivity index (χ3n) is 11.3. The molecular formula is C40H46Cl2GeN2O2. The van der Waals surface area contributed by atoms with E-state index < -0.39 is 12.1 Å². The summed E-state index contributed by atoms with van der Waals surface area (Å²) in [6, 6.07) is 8.39. The van der Waals surface area contributed by atoms with Gasteiger partial charge in [-0.25, -0.2) is 0 Å². The molecule has 246 valence electrons. The Morgan fingerprint density at radius 1 is 0.617 bits per heavy atom. The average Bonchev–Trinajstić information content (AvgIpc) is 3.52. The molecule has 2 aromatic carbocycles. The fourth-order valence-electron chi connectivity index (χ4n) is 9.57. The van der Waals surface area contributed by atoms with Gasteiger partial charge in [0.2, 0.25) is 0 Å². The summed E-state index contributed by atoms with van der Waals surface area (Å²) in [5, 5.41) is 0. The van der Waals surface area contributed by atoms with Crippen LogP contribution in [-0.2, 0) is 0 Å². The molecule has 0 saturated heterocycles. The molecule has 0 radical (unpaired) electrons. The van der Waals surface area contributed by atoms with Gasteiger partial charge in [-0.1, -0.05) is 0 Å². The van der Waals surface area contributed by atoms with Gasteiger partial charge in [-0.3, -0.25) is 0 Å². The molecular weight excluding hydrogens is 684 g/mol. The van der Waals surface area contributed by atoms with Crippen molar-refractivity contribution in [3.05, 3.63) is 106 Å². The maximum absolute atomic E-state index is 7.04. The molecule has 4 aliphatic carbocycles. The SMILES string of the molecule is Cc1cc(C)c2c(c1)C=NC(C1C(C)CC3C=CC=CC31)[C@@H](C1C(C)CC3C=CC=CC31)N=Cc1cc(C)cc(C)c1[O][Ge]([Cl])([Cl])[O]2. The number of hydrogen-bond acceptors (Lipinski definition) is 4. The molecule has 2 aromatic rings. The molecule has 9 unspecified atom stereocenters. The molecule has 1 heterocycles. The minimum atomic E-state index is -4.37. The van der Waals surface area contributed by atoms with Crippen LogP contribution in [0.3, 0.4) is 0 Å². The Hall–Kier alpha value is -2.54. The molecule has 0 spiro atoms. The van der Waals surface area contributed by atoms with Crippen molar-refractivity contribution in [1.82, 2.24) is 0 Å². The predicted octanol–water partition coefficient (Wildman–Crippen LogP) is 9.91. The van der Waals surface area contributed by atoms with Gasteiger partial charge in [0.25, 0.3) is 0 Å². The third-order valence-corrected chi connectivity index (χ3v) is 14.8. The fourth-order valence-corrected chi connectivity index (χ4v) is 13.4. The van der Waals surface area contributed by atoms with Crippen LogP contribution in [0.15, 0.2) is 82.9 Å². The summed E-state index contributed by atoms with van der Waals surface area (Å²) in [4.78, 5) is 11.3. The van der Waals surface area contributed by atoms with Crippen LogP contribution in [0.1, 0.15) is 60.1 Å². The van der Waals surface area contributed by atoms with Gasteiger partial charge in [0.15, 0.2) is 0 Å². The monoisotopic (exact) mass is 730 g/mol. The summed E-state index contributed by atoms with van der Waals surface area (Å²) in [6.45, 7) is 13.2. The number of benzene rings is 2. The van der Waals surface area contributed by atoms with E-state index in [2.05, 4.69) is 101 Å². The number of nitrogens with zero attached hydrogens (tertiary/aromatic N) is 2. The van der Waals surface area contributed by atoms with E-state index in [1.165, 1.54) is 0 Å². The van der Waals surface area contributed by atoms with Crippen molar-refractivity contribution in [3.8, 4) is 11.5 Å². The summed E-state index contributed by atoms with van der Waals surface area (Å²) >= 11 is -4.37. The van der Waals surface area contributed by atoms with Gasteiger partial charge in [0, 0.05) is 0 Å². The van der Waals surface area contributed by atoms with Crippen LogP contribution >= 0.6 is 20.0 Å². The van der Waals surface area contributed by atoms with Crippen LogP contribution in [0, 0.1) is 75.0 Å². The van der Waals surface area contributed by atoms with Crippen LogP contribution in [-0.4, -0.2) is 36.6 Å². The quantitative estimate of drug-likeness (QED) is 0.289. The zero-order valence-electron chi connectivity index (χ0n) is 28.2. The van der Waals surface area contributed by atoms with Crippen LogP contribution in [0.25, 0.3) is 0 Å². The van der Waals surface area contributed by atoms with Gasteiger partial charge in [-0.05, 0) is 0 Å². The zero-order valence-corrected chi connectivity index (χ0v) is 31.8. The van der Waals surface area contributed by atoms with E-state index in [0.29, 0.717) is 58.8 Å². The van der Waals surface area contributed by atoms with Crippen molar-refractivity contribution in [2.75, 3.05) is 0 Å². The van der Waals surface area contributed by atoms with E-state index in [9.17, 15) is 0 Å². The summed E-state index contributed by atoms with van der Waals surface area (Å²) in [5.41, 5.74) is 5.96. The van der Waals surface area contributed by atoms with E-state index >= 15 is 0 Å². The molecule has 0 amide bonds. The molecule has 7 rings (SSSR count). The van der Waals surface area contributed by atoms with Crippen molar-refractivity contribution in [2.24, 2.45) is 57.3 Å². The number of rotatable bonds is 2. The number of allylic oxidation sites excluding steroid dienone is 8. The first-order chi connectivity index (χ1) is 22.5. The van der Waals surface area contributed by atoms with Crippen LogP contribution < -0.4 is 7.53 Å². The Balaban J connectivity index is 1.47. The zero-order chi connectivity index (χ0) is 33.0. The van der Waals surface area contributed by atoms with Gasteiger partial charge in [-0.15, -0.1) is 0 Å². The predicted molar refractivity (Wildman–Crippen MR) is 198 cm³/mol. The van der Waals surface area contributed by atoms with Crippen LogP contribution in [0.4, 0.5) is 0 Å². The summed E-state index contributed by atoms with van der Waals surface area (Å²) in [5.74, 6) is 4.84. The summed E-state index contributed by atoms with van der Waals surface area (Å²) in [7, 11) is 14.1. The van der Waals surface area contributed by atoms with Crippen molar-refractivity contribution in [3.63, 3.8) is 0 Å². The minimum absolute atomic E-state index is 0.0408. The van der Waals surface area contributed by atoms with E-state index in [-0.39, 0.29) is 12.1 Å². The Morgan fingerprint density at radius 2 is 1.02 bits per heavy atom. The van der Waals surface area contributed by atoms with E-state index in [1.54, 1.807) is 0 Å².